The number of hydrogen-bond acceptors (Lipinski definition) is 5. The lowest BCUT2D eigenvalue weighted by Gasteiger charge is -2.09. The third kappa shape index (κ3) is 7.38. The van der Waals surface area contributed by atoms with Crippen LogP contribution >= 0.6 is 0 Å². The molecule has 15 rings (SSSR count). The second-order valence-electron chi connectivity index (χ2n) is 19.2. The van der Waals surface area contributed by atoms with Gasteiger partial charge in [0.2, 0.25) is 0 Å². The lowest BCUT2D eigenvalue weighted by molar-refractivity contribution is 0.668. The Labute approximate surface area is 431 Å². The lowest BCUT2D eigenvalue weighted by atomic mass is 9.97. The highest BCUT2D eigenvalue weighted by Crippen LogP contribution is 2.40. The summed E-state index contributed by atoms with van der Waals surface area (Å²) in [6, 6.07) is 89.4. The summed E-state index contributed by atoms with van der Waals surface area (Å²) in [7, 11) is 0. The fraction of sp³-hybridized carbons (Fsp3) is 0. The molecule has 75 heavy (non-hydrogen) atoms. The minimum absolute atomic E-state index is 0.596. The second-order valence-corrected chi connectivity index (χ2v) is 19.2. The molecule has 0 spiro atoms. The van der Waals surface area contributed by atoms with E-state index in [0.717, 1.165) is 99.6 Å². The highest BCUT2D eigenvalue weighted by atomic mass is 16.3. The molecule has 0 bridgehead atoms. The van der Waals surface area contributed by atoms with Crippen molar-refractivity contribution in [3.05, 3.63) is 255 Å². The van der Waals surface area contributed by atoms with Gasteiger partial charge in [0.05, 0.1) is 11.0 Å². The van der Waals surface area contributed by atoms with Gasteiger partial charge in [-0.1, -0.05) is 170 Å². The third-order valence-electron chi connectivity index (χ3n) is 14.7. The van der Waals surface area contributed by atoms with Gasteiger partial charge in [-0.3, -0.25) is 0 Å². The summed E-state index contributed by atoms with van der Waals surface area (Å²) in [5.74, 6) is 1.83. The first-order valence-electron chi connectivity index (χ1n) is 25.2. The maximum atomic E-state index is 6.58. The van der Waals surface area contributed by atoms with Crippen molar-refractivity contribution in [1.82, 2.24) is 19.5 Å². The van der Waals surface area contributed by atoms with E-state index in [9.17, 15) is 0 Å². The van der Waals surface area contributed by atoms with Gasteiger partial charge >= 0.3 is 0 Å². The molecule has 6 nitrogen and oxygen atoms in total. The molecule has 15 aromatic rings. The van der Waals surface area contributed by atoms with Crippen molar-refractivity contribution in [1.29, 1.82) is 0 Å². The van der Waals surface area contributed by atoms with E-state index < -0.39 is 0 Å². The molecule has 0 atom stereocenters. The number of aromatic nitrogens is 4. The van der Waals surface area contributed by atoms with E-state index in [1.807, 2.05) is 48.5 Å². The van der Waals surface area contributed by atoms with Crippen molar-refractivity contribution in [2.24, 2.45) is 0 Å². The smallest absolute Gasteiger partial charge is 0.164 e. The fourth-order valence-corrected chi connectivity index (χ4v) is 10.9. The third-order valence-corrected chi connectivity index (χ3v) is 14.7. The van der Waals surface area contributed by atoms with Crippen LogP contribution in [-0.2, 0) is 0 Å². The lowest BCUT2D eigenvalue weighted by Crippen LogP contribution is -2.00. The molecule has 0 saturated heterocycles. The largest absolute Gasteiger partial charge is 0.456 e. The van der Waals surface area contributed by atoms with E-state index in [1.54, 1.807) is 0 Å². The summed E-state index contributed by atoms with van der Waals surface area (Å²) < 4.78 is 15.4. The van der Waals surface area contributed by atoms with E-state index in [-0.39, 0.29) is 0 Å². The van der Waals surface area contributed by atoms with Crippen LogP contribution in [0.1, 0.15) is 0 Å². The number of benzene rings is 11. The molecular formula is C69H42N4O2. The fourth-order valence-electron chi connectivity index (χ4n) is 10.9. The molecule has 0 aliphatic heterocycles. The number of para-hydroxylation sites is 1. The van der Waals surface area contributed by atoms with Crippen LogP contribution in [0.15, 0.2) is 264 Å². The van der Waals surface area contributed by atoms with Gasteiger partial charge in [0, 0.05) is 54.7 Å². The molecule has 6 heteroatoms. The summed E-state index contributed by atoms with van der Waals surface area (Å²) in [5, 5.41) is 6.63. The Morgan fingerprint density at radius 2 is 0.640 bits per heavy atom. The van der Waals surface area contributed by atoms with Gasteiger partial charge in [-0.05, 0) is 129 Å². The van der Waals surface area contributed by atoms with Gasteiger partial charge in [-0.25, -0.2) is 15.0 Å². The SMILES string of the molecule is c1ccc(-c2ccc(-c3nc(-c4ccccc4)nc(-c4ccc5oc6cc(-c7cccc(-c8ccc9oc%10ccc(-n%11c%12ccccc%12c%12cc(-c%13ccccc%13)ccc%12%11)cc%10c9c8)c7)ccc6c5c4)n3)cc2)cc1. The molecule has 4 aromatic heterocycles. The summed E-state index contributed by atoms with van der Waals surface area (Å²) in [5.41, 5.74) is 18.6. The standard InChI is InChI=1S/C69H42N4O2/c1-4-13-43(14-5-1)45-23-25-47(26-24-45)68-70-67(46-17-8-3-9-18-46)71-69(72-68)53-30-35-63-58(40-53)56-32-27-52(41-66(56)75-63)49-20-12-19-48(37-49)51-29-34-64-59(39-51)60-42-54(31-36-65(60)74-64)73-61-22-11-10-21-55(61)57-38-50(28-33-62(57)73)44-15-6-2-7-16-44/h1-42H. The summed E-state index contributed by atoms with van der Waals surface area (Å²) in [6.45, 7) is 0. The maximum absolute atomic E-state index is 6.58. The number of nitrogens with zero attached hydrogens (tertiary/aromatic N) is 4. The zero-order chi connectivity index (χ0) is 49.4. The quantitative estimate of drug-likeness (QED) is 0.152. The van der Waals surface area contributed by atoms with Crippen LogP contribution in [0.3, 0.4) is 0 Å². The summed E-state index contributed by atoms with van der Waals surface area (Å²) >= 11 is 0. The first kappa shape index (κ1) is 42.5. The Balaban J connectivity index is 0.761. The summed E-state index contributed by atoms with van der Waals surface area (Å²) in [4.78, 5) is 15.1. The maximum Gasteiger partial charge on any atom is 0.164 e. The van der Waals surface area contributed by atoms with Crippen LogP contribution in [0.25, 0.3) is 150 Å². The van der Waals surface area contributed by atoms with Crippen LogP contribution < -0.4 is 0 Å². The van der Waals surface area contributed by atoms with Crippen molar-refractivity contribution < 1.29 is 8.83 Å². The predicted octanol–water partition coefficient (Wildman–Crippen LogP) is 18.4. The van der Waals surface area contributed by atoms with Gasteiger partial charge in [-0.2, -0.15) is 0 Å². The Morgan fingerprint density at radius 1 is 0.227 bits per heavy atom. The Kier molecular flexibility index (Phi) is 9.78. The zero-order valence-corrected chi connectivity index (χ0v) is 40.4. The molecule has 350 valence electrons. The molecule has 0 saturated carbocycles. The predicted molar refractivity (Wildman–Crippen MR) is 307 cm³/mol. The minimum Gasteiger partial charge on any atom is -0.456 e. The van der Waals surface area contributed by atoms with Crippen LogP contribution in [-0.4, -0.2) is 19.5 Å². The average molecular weight is 959 g/mol. The first-order valence-corrected chi connectivity index (χ1v) is 25.2. The summed E-state index contributed by atoms with van der Waals surface area (Å²) in [6.07, 6.45) is 0. The monoisotopic (exact) mass is 958 g/mol. The normalized spacial score (nSPS) is 11.7. The van der Waals surface area contributed by atoms with Gasteiger partial charge in [0.25, 0.3) is 0 Å². The molecule has 4 heterocycles. The Bertz CT molecular complexity index is 4690. The van der Waals surface area contributed by atoms with Crippen molar-refractivity contribution in [3.63, 3.8) is 0 Å². The molecular weight excluding hydrogens is 917 g/mol. The average Bonchev–Trinajstić information content (AvgIpc) is 4.19. The second kappa shape index (κ2) is 17.3. The molecule has 0 aliphatic rings. The zero-order valence-electron chi connectivity index (χ0n) is 40.4. The Hall–Kier alpha value is -10.2. The van der Waals surface area contributed by atoms with Gasteiger partial charge in [0.15, 0.2) is 17.5 Å². The van der Waals surface area contributed by atoms with Gasteiger partial charge < -0.3 is 13.4 Å². The van der Waals surface area contributed by atoms with Crippen molar-refractivity contribution >= 4 is 65.7 Å². The molecule has 0 aliphatic carbocycles. The molecule has 0 N–H and O–H groups in total. The molecule has 0 fully saturated rings. The molecule has 0 radical (unpaired) electrons. The first-order chi connectivity index (χ1) is 37.1. The van der Waals surface area contributed by atoms with Gasteiger partial charge in [-0.15, -0.1) is 0 Å². The van der Waals surface area contributed by atoms with Crippen molar-refractivity contribution in [2.45, 2.75) is 0 Å². The van der Waals surface area contributed by atoms with Crippen LogP contribution in [0.4, 0.5) is 0 Å². The Morgan fingerprint density at radius 3 is 1.36 bits per heavy atom. The highest BCUT2D eigenvalue weighted by Gasteiger charge is 2.19. The molecule has 0 amide bonds. The number of rotatable bonds is 8. The topological polar surface area (TPSA) is 69.9 Å². The van der Waals surface area contributed by atoms with Crippen molar-refractivity contribution in [2.75, 3.05) is 0 Å². The van der Waals surface area contributed by atoms with Crippen LogP contribution in [0.2, 0.25) is 0 Å². The number of hydrogen-bond donors (Lipinski definition) is 0. The van der Waals surface area contributed by atoms with Gasteiger partial charge in [0.1, 0.15) is 22.3 Å². The van der Waals surface area contributed by atoms with E-state index in [4.69, 9.17) is 23.8 Å². The van der Waals surface area contributed by atoms with Crippen molar-refractivity contribution in [3.8, 4) is 84.4 Å². The number of fused-ring (bicyclic) bond motifs is 9. The highest BCUT2D eigenvalue weighted by molar-refractivity contribution is 6.12. The van der Waals surface area contributed by atoms with E-state index in [1.165, 1.54) is 32.9 Å². The molecule has 0 unspecified atom stereocenters. The van der Waals surface area contributed by atoms with E-state index in [2.05, 4.69) is 211 Å². The van der Waals surface area contributed by atoms with Crippen LogP contribution in [0.5, 0.6) is 0 Å². The minimum atomic E-state index is 0.596. The van der Waals surface area contributed by atoms with Crippen LogP contribution in [0, 0.1) is 0 Å². The molecule has 11 aromatic carbocycles. The van der Waals surface area contributed by atoms with E-state index >= 15 is 0 Å². The number of furan rings is 2. The van der Waals surface area contributed by atoms with E-state index in [0.29, 0.717) is 17.5 Å².